The van der Waals surface area contributed by atoms with Gasteiger partial charge in [0, 0.05) is 22.7 Å². The molecule has 1 saturated heterocycles. The van der Waals surface area contributed by atoms with Gasteiger partial charge in [-0.25, -0.2) is 0 Å². The highest BCUT2D eigenvalue weighted by molar-refractivity contribution is 6.04. The standard InChI is InChI=1S/C29H23N3O2/c1-19-11-13-21(14-12-19)28(33)27-26(22-8-4-6-10-24(22)34-2)29(17-30,18-31)25-16-15-20-7-3-5-9-23(20)32(25)27/h3-16,25-27H,1-2H3. The number of carbonyl (C=O) groups is 1. The van der Waals surface area contributed by atoms with Gasteiger partial charge in [-0.1, -0.05) is 78.4 Å². The minimum atomic E-state index is -1.50. The molecule has 0 saturated carbocycles. The van der Waals surface area contributed by atoms with Crippen LogP contribution in [0.2, 0.25) is 0 Å². The van der Waals surface area contributed by atoms with E-state index in [1.165, 1.54) is 0 Å². The number of nitrogens with zero attached hydrogens (tertiary/aromatic N) is 3. The van der Waals surface area contributed by atoms with E-state index in [4.69, 9.17) is 4.74 Å². The van der Waals surface area contributed by atoms with Crippen LogP contribution >= 0.6 is 0 Å². The van der Waals surface area contributed by atoms with E-state index in [1.807, 2.05) is 96.8 Å². The number of rotatable bonds is 4. The van der Waals surface area contributed by atoms with E-state index in [1.54, 1.807) is 7.11 Å². The largest absolute Gasteiger partial charge is 0.496 e. The third-order valence-electron chi connectivity index (χ3n) is 6.99. The highest BCUT2D eigenvalue weighted by Crippen LogP contribution is 2.56. The van der Waals surface area contributed by atoms with E-state index in [2.05, 4.69) is 12.1 Å². The number of benzene rings is 3. The van der Waals surface area contributed by atoms with Gasteiger partial charge in [0.2, 0.25) is 0 Å². The molecule has 5 nitrogen and oxygen atoms in total. The Morgan fingerprint density at radius 3 is 2.35 bits per heavy atom. The number of methoxy groups -OCH3 is 1. The summed E-state index contributed by atoms with van der Waals surface area (Å²) in [6, 6.07) is 25.9. The molecule has 0 aliphatic carbocycles. The van der Waals surface area contributed by atoms with E-state index >= 15 is 0 Å². The number of anilines is 1. The molecule has 166 valence electrons. The van der Waals surface area contributed by atoms with Crippen molar-refractivity contribution < 1.29 is 9.53 Å². The van der Waals surface area contributed by atoms with Crippen LogP contribution in [0.5, 0.6) is 5.75 Å². The molecule has 3 atom stereocenters. The number of para-hydroxylation sites is 2. The number of ketones is 1. The summed E-state index contributed by atoms with van der Waals surface area (Å²) in [6.07, 6.45) is 3.83. The van der Waals surface area contributed by atoms with Crippen LogP contribution in [0, 0.1) is 35.0 Å². The quantitative estimate of drug-likeness (QED) is 0.510. The lowest BCUT2D eigenvalue weighted by molar-refractivity contribution is 0.0950. The van der Waals surface area contributed by atoms with Crippen molar-refractivity contribution >= 4 is 17.5 Å². The van der Waals surface area contributed by atoms with Crippen LogP contribution in [0.1, 0.15) is 33.0 Å². The minimum Gasteiger partial charge on any atom is -0.496 e. The van der Waals surface area contributed by atoms with Crippen molar-refractivity contribution in [3.63, 3.8) is 0 Å². The zero-order valence-corrected chi connectivity index (χ0v) is 19.0. The van der Waals surface area contributed by atoms with E-state index in [-0.39, 0.29) is 5.78 Å². The molecule has 0 aromatic heterocycles. The molecule has 2 aliphatic rings. The van der Waals surface area contributed by atoms with Crippen LogP contribution in [-0.2, 0) is 0 Å². The molecule has 2 heterocycles. The maximum atomic E-state index is 14.2. The fourth-order valence-electron chi connectivity index (χ4n) is 5.39. The van der Waals surface area contributed by atoms with E-state index in [9.17, 15) is 15.3 Å². The van der Waals surface area contributed by atoms with Crippen molar-refractivity contribution in [3.8, 4) is 17.9 Å². The van der Waals surface area contributed by atoms with Crippen LogP contribution < -0.4 is 9.64 Å². The Labute approximate surface area is 199 Å². The monoisotopic (exact) mass is 445 g/mol. The molecule has 5 heteroatoms. The second kappa shape index (κ2) is 8.21. The van der Waals surface area contributed by atoms with Crippen molar-refractivity contribution in [3.05, 3.63) is 101 Å². The summed E-state index contributed by atoms with van der Waals surface area (Å²) < 4.78 is 5.65. The number of aryl methyl sites for hydroxylation is 1. The number of fused-ring (bicyclic) bond motifs is 3. The van der Waals surface area contributed by atoms with Crippen molar-refractivity contribution in [2.24, 2.45) is 5.41 Å². The van der Waals surface area contributed by atoms with E-state index in [0.717, 1.165) is 16.8 Å². The maximum absolute atomic E-state index is 14.2. The molecule has 5 rings (SSSR count). The summed E-state index contributed by atoms with van der Waals surface area (Å²) in [4.78, 5) is 16.2. The lowest BCUT2D eigenvalue weighted by atomic mass is 9.69. The SMILES string of the molecule is COc1ccccc1C1C(C(=O)c2ccc(C)cc2)N2c3ccccc3C=CC2C1(C#N)C#N. The van der Waals surface area contributed by atoms with Crippen LogP contribution in [0.4, 0.5) is 5.69 Å². The van der Waals surface area contributed by atoms with Crippen molar-refractivity contribution in [1.82, 2.24) is 0 Å². The average Bonchev–Trinajstić information content (AvgIpc) is 3.19. The Morgan fingerprint density at radius 2 is 1.65 bits per heavy atom. The first-order valence-electron chi connectivity index (χ1n) is 11.2. The first-order valence-corrected chi connectivity index (χ1v) is 11.2. The van der Waals surface area contributed by atoms with Crippen molar-refractivity contribution in [2.75, 3.05) is 12.0 Å². The van der Waals surface area contributed by atoms with Crippen molar-refractivity contribution in [1.29, 1.82) is 10.5 Å². The Hall–Kier alpha value is -4.35. The molecule has 0 radical (unpaired) electrons. The normalized spacial score (nSPS) is 21.6. The van der Waals surface area contributed by atoms with Gasteiger partial charge < -0.3 is 9.64 Å². The topological polar surface area (TPSA) is 77.1 Å². The van der Waals surface area contributed by atoms with E-state index in [0.29, 0.717) is 16.9 Å². The molecule has 3 unspecified atom stereocenters. The van der Waals surface area contributed by atoms with Gasteiger partial charge in [0.25, 0.3) is 0 Å². The van der Waals surface area contributed by atoms with Gasteiger partial charge in [0.1, 0.15) is 11.8 Å². The first kappa shape index (κ1) is 21.5. The molecule has 3 aromatic rings. The van der Waals surface area contributed by atoms with Gasteiger partial charge in [-0.3, -0.25) is 4.79 Å². The highest BCUT2D eigenvalue weighted by atomic mass is 16.5. The Morgan fingerprint density at radius 1 is 0.971 bits per heavy atom. The summed E-state index contributed by atoms with van der Waals surface area (Å²) in [5.74, 6) is -0.298. The lowest BCUT2D eigenvalue weighted by Crippen LogP contribution is -2.44. The molecule has 0 bridgehead atoms. The number of ether oxygens (including phenoxy) is 1. The number of nitriles is 2. The summed E-state index contributed by atoms with van der Waals surface area (Å²) in [6.45, 7) is 1.97. The van der Waals surface area contributed by atoms with Gasteiger partial charge in [-0.2, -0.15) is 10.5 Å². The van der Waals surface area contributed by atoms with Gasteiger partial charge in [0.05, 0.1) is 25.3 Å². The highest BCUT2D eigenvalue weighted by Gasteiger charge is 2.63. The van der Waals surface area contributed by atoms with Crippen LogP contribution in [0.3, 0.4) is 0 Å². The minimum absolute atomic E-state index is 0.126. The Balaban J connectivity index is 1.81. The summed E-state index contributed by atoms with van der Waals surface area (Å²) in [5.41, 5.74) is 2.58. The lowest BCUT2D eigenvalue weighted by Gasteiger charge is -2.35. The fraction of sp³-hybridized carbons (Fsp3) is 0.207. The van der Waals surface area contributed by atoms with Gasteiger partial charge in [-0.15, -0.1) is 0 Å². The summed E-state index contributed by atoms with van der Waals surface area (Å²) in [5, 5.41) is 21.0. The van der Waals surface area contributed by atoms with Crippen LogP contribution in [0.25, 0.3) is 6.08 Å². The Bertz CT molecular complexity index is 1360. The summed E-state index contributed by atoms with van der Waals surface area (Å²) in [7, 11) is 1.56. The third kappa shape index (κ3) is 3.02. The predicted octanol–water partition coefficient (Wildman–Crippen LogP) is 5.29. The number of carbonyl (C=O) groups excluding carboxylic acids is 1. The number of Topliss-reactive ketones (excluding diaryl/α,β-unsaturated/α-hetero) is 1. The third-order valence-corrected chi connectivity index (χ3v) is 6.99. The number of hydrogen-bond donors (Lipinski definition) is 0. The van der Waals surface area contributed by atoms with Crippen LogP contribution in [-0.4, -0.2) is 25.0 Å². The average molecular weight is 446 g/mol. The molecule has 0 N–H and O–H groups in total. The van der Waals surface area contributed by atoms with Gasteiger partial charge >= 0.3 is 0 Å². The summed E-state index contributed by atoms with van der Waals surface area (Å²) >= 11 is 0. The van der Waals surface area contributed by atoms with Gasteiger partial charge in [-0.05, 0) is 24.6 Å². The second-order valence-corrected chi connectivity index (χ2v) is 8.76. The fourth-order valence-corrected chi connectivity index (χ4v) is 5.39. The number of hydrogen-bond acceptors (Lipinski definition) is 5. The predicted molar refractivity (Wildman–Crippen MR) is 130 cm³/mol. The molecule has 0 amide bonds. The van der Waals surface area contributed by atoms with Crippen LogP contribution in [0.15, 0.2) is 78.9 Å². The molecule has 0 spiro atoms. The molecule has 34 heavy (non-hydrogen) atoms. The molecule has 1 fully saturated rings. The maximum Gasteiger partial charge on any atom is 0.185 e. The zero-order valence-electron chi connectivity index (χ0n) is 19.0. The van der Waals surface area contributed by atoms with Crippen molar-refractivity contribution in [2.45, 2.75) is 24.9 Å². The molecule has 2 aliphatic heterocycles. The second-order valence-electron chi connectivity index (χ2n) is 8.76. The molecular weight excluding hydrogens is 422 g/mol. The Kier molecular flexibility index (Phi) is 5.19. The van der Waals surface area contributed by atoms with E-state index < -0.39 is 23.4 Å². The smallest absolute Gasteiger partial charge is 0.185 e. The van der Waals surface area contributed by atoms with Gasteiger partial charge in [0.15, 0.2) is 11.2 Å². The molecule has 3 aromatic carbocycles. The zero-order chi connectivity index (χ0) is 23.9. The molecular formula is C29H23N3O2. The first-order chi connectivity index (χ1) is 16.6.